The van der Waals surface area contributed by atoms with Gasteiger partial charge in [0.05, 0.1) is 12.9 Å². The molecule has 0 spiro atoms. The SMILES string of the molecule is C.CCO/C=C/c1cnc(SC)nc1C(N)=O. The molecule has 1 amide bonds. The van der Waals surface area contributed by atoms with E-state index >= 15 is 0 Å². The molecule has 0 aromatic carbocycles. The van der Waals surface area contributed by atoms with Gasteiger partial charge in [0, 0.05) is 11.8 Å². The van der Waals surface area contributed by atoms with Gasteiger partial charge in [0.1, 0.15) is 5.69 Å². The summed E-state index contributed by atoms with van der Waals surface area (Å²) >= 11 is 1.35. The Morgan fingerprint density at radius 2 is 2.35 bits per heavy atom. The topological polar surface area (TPSA) is 78.1 Å². The van der Waals surface area contributed by atoms with Gasteiger partial charge in [0.2, 0.25) is 0 Å². The molecule has 94 valence electrons. The fourth-order valence-corrected chi connectivity index (χ4v) is 1.35. The second-order valence-corrected chi connectivity index (χ2v) is 3.56. The number of hydrogen-bond acceptors (Lipinski definition) is 5. The third kappa shape index (κ3) is 4.44. The van der Waals surface area contributed by atoms with E-state index in [1.807, 2.05) is 13.2 Å². The molecule has 6 heteroatoms. The lowest BCUT2D eigenvalue weighted by molar-refractivity contribution is 0.0994. The molecule has 0 aliphatic carbocycles. The number of carbonyl (C=O) groups excluding carboxylic acids is 1. The first-order chi connectivity index (χ1) is 7.69. The zero-order valence-electron chi connectivity index (χ0n) is 9.14. The predicted molar refractivity (Wildman–Crippen MR) is 69.7 cm³/mol. The van der Waals surface area contributed by atoms with E-state index in [1.54, 1.807) is 12.3 Å². The van der Waals surface area contributed by atoms with Crippen molar-refractivity contribution in [3.8, 4) is 0 Å². The fourth-order valence-electron chi connectivity index (χ4n) is 1.01. The largest absolute Gasteiger partial charge is 0.501 e. The minimum absolute atomic E-state index is 0. The lowest BCUT2D eigenvalue weighted by Gasteiger charge is -2.02. The second-order valence-electron chi connectivity index (χ2n) is 2.78. The van der Waals surface area contributed by atoms with Crippen LogP contribution in [0, 0.1) is 0 Å². The molecule has 0 fully saturated rings. The molecule has 1 heterocycles. The highest BCUT2D eigenvalue weighted by Crippen LogP contribution is 2.13. The molecule has 2 N–H and O–H groups in total. The number of nitrogens with two attached hydrogens (primary N) is 1. The highest BCUT2D eigenvalue weighted by molar-refractivity contribution is 7.98. The molecule has 0 radical (unpaired) electrons. The Kier molecular flexibility index (Phi) is 6.97. The van der Waals surface area contributed by atoms with Gasteiger partial charge < -0.3 is 10.5 Å². The smallest absolute Gasteiger partial charge is 0.268 e. The number of nitrogens with zero attached hydrogens (tertiary/aromatic N) is 2. The summed E-state index contributed by atoms with van der Waals surface area (Å²) in [4.78, 5) is 19.3. The molecule has 0 aliphatic rings. The van der Waals surface area contributed by atoms with Crippen LogP contribution in [0.1, 0.15) is 30.4 Å². The van der Waals surface area contributed by atoms with Crippen LogP contribution in [0.5, 0.6) is 0 Å². The van der Waals surface area contributed by atoms with Gasteiger partial charge in [-0.05, 0) is 19.3 Å². The van der Waals surface area contributed by atoms with Gasteiger partial charge in [-0.3, -0.25) is 4.79 Å². The minimum atomic E-state index is -0.575. The first kappa shape index (κ1) is 15.4. The quantitative estimate of drug-likeness (QED) is 0.494. The minimum Gasteiger partial charge on any atom is -0.501 e. The van der Waals surface area contributed by atoms with Crippen LogP contribution in [0.2, 0.25) is 0 Å². The molecule has 0 saturated carbocycles. The third-order valence-corrected chi connectivity index (χ3v) is 2.28. The highest BCUT2D eigenvalue weighted by atomic mass is 32.2. The molecule has 17 heavy (non-hydrogen) atoms. The Balaban J connectivity index is 0.00000256. The lowest BCUT2D eigenvalue weighted by Crippen LogP contribution is -2.15. The van der Waals surface area contributed by atoms with E-state index < -0.39 is 5.91 Å². The van der Waals surface area contributed by atoms with Crippen molar-refractivity contribution in [3.63, 3.8) is 0 Å². The molecule has 1 aromatic heterocycles. The molecule has 0 unspecified atom stereocenters. The summed E-state index contributed by atoms with van der Waals surface area (Å²) in [6.07, 6.45) is 6.49. The molecule has 0 aliphatic heterocycles. The summed E-state index contributed by atoms with van der Waals surface area (Å²) in [6.45, 7) is 2.43. The molecule has 1 rings (SSSR count). The van der Waals surface area contributed by atoms with Crippen LogP contribution in [0.3, 0.4) is 0 Å². The van der Waals surface area contributed by atoms with E-state index in [-0.39, 0.29) is 13.1 Å². The van der Waals surface area contributed by atoms with Gasteiger partial charge >= 0.3 is 0 Å². The number of carbonyl (C=O) groups is 1. The maximum atomic E-state index is 11.2. The average molecular weight is 255 g/mol. The van der Waals surface area contributed by atoms with Crippen LogP contribution in [-0.4, -0.2) is 28.7 Å². The van der Waals surface area contributed by atoms with Gasteiger partial charge in [-0.25, -0.2) is 9.97 Å². The Morgan fingerprint density at radius 1 is 1.65 bits per heavy atom. The van der Waals surface area contributed by atoms with Crippen molar-refractivity contribution in [2.75, 3.05) is 12.9 Å². The van der Waals surface area contributed by atoms with Crippen LogP contribution < -0.4 is 5.73 Å². The Labute approximate surface area is 105 Å². The van der Waals surface area contributed by atoms with Crippen LogP contribution in [0.15, 0.2) is 17.6 Å². The summed E-state index contributed by atoms with van der Waals surface area (Å²) in [5.41, 5.74) is 5.99. The lowest BCUT2D eigenvalue weighted by atomic mass is 10.2. The van der Waals surface area contributed by atoms with Gasteiger partial charge in [-0.1, -0.05) is 19.2 Å². The summed E-state index contributed by atoms with van der Waals surface area (Å²) in [5.74, 6) is -0.575. The van der Waals surface area contributed by atoms with Crippen molar-refractivity contribution < 1.29 is 9.53 Å². The molecule has 0 saturated heterocycles. The Hall–Kier alpha value is -1.56. The Bertz CT molecular complexity index is 408. The van der Waals surface area contributed by atoms with Crippen molar-refractivity contribution in [1.29, 1.82) is 0 Å². The third-order valence-electron chi connectivity index (χ3n) is 1.72. The first-order valence-corrected chi connectivity index (χ1v) is 5.90. The van der Waals surface area contributed by atoms with E-state index in [0.717, 1.165) is 0 Å². The number of ether oxygens (including phenoxy) is 1. The number of thioether (sulfide) groups is 1. The number of aromatic nitrogens is 2. The van der Waals surface area contributed by atoms with E-state index in [0.29, 0.717) is 17.3 Å². The zero-order chi connectivity index (χ0) is 12.0. The molecule has 0 bridgehead atoms. The first-order valence-electron chi connectivity index (χ1n) is 4.68. The van der Waals surface area contributed by atoms with Gasteiger partial charge in [-0.2, -0.15) is 0 Å². The summed E-state index contributed by atoms with van der Waals surface area (Å²) in [7, 11) is 0. The predicted octanol–water partition coefficient (Wildman–Crippen LogP) is 1.94. The van der Waals surface area contributed by atoms with E-state index in [9.17, 15) is 4.79 Å². The van der Waals surface area contributed by atoms with Gasteiger partial charge in [0.25, 0.3) is 5.91 Å². The Morgan fingerprint density at radius 3 is 2.88 bits per heavy atom. The van der Waals surface area contributed by atoms with Gasteiger partial charge in [0.15, 0.2) is 5.16 Å². The molecular formula is C11H17N3O2S. The number of amides is 1. The maximum Gasteiger partial charge on any atom is 0.268 e. The van der Waals surface area contributed by atoms with Crippen molar-refractivity contribution in [1.82, 2.24) is 9.97 Å². The van der Waals surface area contributed by atoms with E-state index in [1.165, 1.54) is 18.0 Å². The maximum absolute atomic E-state index is 11.2. The molecule has 0 atom stereocenters. The molecular weight excluding hydrogens is 238 g/mol. The van der Waals surface area contributed by atoms with E-state index in [4.69, 9.17) is 10.5 Å². The monoisotopic (exact) mass is 255 g/mol. The summed E-state index contributed by atoms with van der Waals surface area (Å²) < 4.78 is 5.04. The van der Waals surface area contributed by atoms with Gasteiger partial charge in [-0.15, -0.1) is 0 Å². The van der Waals surface area contributed by atoms with Crippen molar-refractivity contribution >= 4 is 23.7 Å². The number of rotatable bonds is 5. The van der Waals surface area contributed by atoms with Crippen molar-refractivity contribution in [2.45, 2.75) is 19.5 Å². The zero-order valence-corrected chi connectivity index (χ0v) is 9.95. The van der Waals surface area contributed by atoms with Crippen LogP contribution in [0.25, 0.3) is 6.08 Å². The van der Waals surface area contributed by atoms with E-state index in [2.05, 4.69) is 9.97 Å². The highest BCUT2D eigenvalue weighted by Gasteiger charge is 2.09. The molecule has 1 aromatic rings. The molecule has 5 nitrogen and oxygen atoms in total. The number of primary amides is 1. The van der Waals surface area contributed by atoms with Crippen LogP contribution >= 0.6 is 11.8 Å². The fraction of sp³-hybridized carbons (Fsp3) is 0.364. The normalized spacial score (nSPS) is 10.0. The summed E-state index contributed by atoms with van der Waals surface area (Å²) in [6, 6.07) is 0. The number of hydrogen-bond donors (Lipinski definition) is 1. The van der Waals surface area contributed by atoms with Crippen molar-refractivity contribution in [3.05, 3.63) is 23.7 Å². The standard InChI is InChI=1S/C10H13N3O2S.CH4/c1-3-15-5-4-7-6-12-10(16-2)13-8(7)9(11)14;/h4-6H,3H2,1-2H3,(H2,11,14);1H4/b5-4+;. The van der Waals surface area contributed by atoms with Crippen LogP contribution in [-0.2, 0) is 4.74 Å². The second kappa shape index (κ2) is 7.67. The average Bonchev–Trinajstić information content (AvgIpc) is 2.29. The van der Waals surface area contributed by atoms with Crippen LogP contribution in [0.4, 0.5) is 0 Å². The summed E-state index contributed by atoms with van der Waals surface area (Å²) in [5, 5.41) is 0.516. The van der Waals surface area contributed by atoms with Crippen molar-refractivity contribution in [2.24, 2.45) is 5.73 Å².